The third-order valence-electron chi connectivity index (χ3n) is 2.96. The molecule has 19 heavy (non-hydrogen) atoms. The fourth-order valence-corrected chi connectivity index (χ4v) is 1.86. The number of hydrogen-bond acceptors (Lipinski definition) is 3. The molecule has 0 aliphatic rings. The molecule has 0 bridgehead atoms. The third kappa shape index (κ3) is 4.97. The van der Waals surface area contributed by atoms with E-state index in [0.29, 0.717) is 18.3 Å². The number of nitrogens with two attached hydrogens (primary N) is 1. The van der Waals surface area contributed by atoms with Crippen LogP contribution in [0, 0.1) is 5.82 Å². The lowest BCUT2D eigenvalue weighted by atomic mass is 10.1. The molecule has 0 aromatic heterocycles. The van der Waals surface area contributed by atoms with E-state index >= 15 is 0 Å². The van der Waals surface area contributed by atoms with Gasteiger partial charge in [0.2, 0.25) is 0 Å². The van der Waals surface area contributed by atoms with Crippen molar-refractivity contribution in [2.75, 3.05) is 17.7 Å². The Balaban J connectivity index is 2.76. The zero-order chi connectivity index (χ0) is 14.3. The van der Waals surface area contributed by atoms with Crippen molar-refractivity contribution in [1.29, 1.82) is 0 Å². The predicted molar refractivity (Wildman–Crippen MR) is 79.2 cm³/mol. The van der Waals surface area contributed by atoms with Crippen LogP contribution in [0.3, 0.4) is 0 Å². The van der Waals surface area contributed by atoms with Crippen LogP contribution < -0.4 is 15.8 Å². The summed E-state index contributed by atoms with van der Waals surface area (Å²) in [6, 6.07) is 3.29. The van der Waals surface area contributed by atoms with Gasteiger partial charge in [-0.15, -0.1) is 0 Å². The minimum absolute atomic E-state index is 0.265. The molecule has 4 heteroatoms. The minimum atomic E-state index is -0.405. The van der Waals surface area contributed by atoms with Crippen LogP contribution >= 0.6 is 0 Å². The Hall–Kier alpha value is -1.45. The van der Waals surface area contributed by atoms with Gasteiger partial charge in [0, 0.05) is 18.2 Å². The lowest BCUT2D eigenvalue weighted by Gasteiger charge is -2.18. The predicted octanol–water partition coefficient (Wildman–Crippen LogP) is 4.19. The highest BCUT2D eigenvalue weighted by Crippen LogP contribution is 2.29. The number of unbranched alkanes of at least 4 members (excludes halogenated alkanes) is 1. The van der Waals surface area contributed by atoms with Gasteiger partial charge in [0.15, 0.2) is 11.6 Å². The van der Waals surface area contributed by atoms with Gasteiger partial charge in [-0.2, -0.15) is 0 Å². The van der Waals surface area contributed by atoms with Gasteiger partial charge in [0.25, 0.3) is 0 Å². The fourth-order valence-electron chi connectivity index (χ4n) is 1.86. The summed E-state index contributed by atoms with van der Waals surface area (Å²) < 4.78 is 19.0. The van der Waals surface area contributed by atoms with Gasteiger partial charge in [-0.1, -0.05) is 26.7 Å². The normalized spacial score (nSPS) is 12.2. The Morgan fingerprint density at radius 1 is 1.32 bits per heavy atom. The standard InChI is InChI=1S/C15H25FN2O/c1-4-6-7-11(3)18-14-10-15(19-8-5-2)12(16)9-13(14)17/h9-11,18H,4-8,17H2,1-3H3. The lowest BCUT2D eigenvalue weighted by molar-refractivity contribution is 0.301. The number of nitrogens with one attached hydrogen (secondary N) is 1. The summed E-state index contributed by atoms with van der Waals surface area (Å²) in [5.41, 5.74) is 7.01. The second kappa shape index (κ2) is 7.87. The fraction of sp³-hybridized carbons (Fsp3) is 0.600. The Kier molecular flexibility index (Phi) is 6.46. The van der Waals surface area contributed by atoms with Crippen molar-refractivity contribution in [3.8, 4) is 5.75 Å². The molecule has 1 unspecified atom stereocenters. The van der Waals surface area contributed by atoms with Crippen LogP contribution in [0.5, 0.6) is 5.75 Å². The lowest BCUT2D eigenvalue weighted by Crippen LogP contribution is -2.16. The van der Waals surface area contributed by atoms with Gasteiger partial charge >= 0.3 is 0 Å². The number of hydrogen-bond donors (Lipinski definition) is 2. The second-order valence-corrected chi connectivity index (χ2v) is 4.91. The minimum Gasteiger partial charge on any atom is -0.490 e. The molecule has 1 rings (SSSR count). The Morgan fingerprint density at radius 3 is 2.68 bits per heavy atom. The molecule has 1 aromatic carbocycles. The summed E-state index contributed by atoms with van der Waals surface area (Å²) >= 11 is 0. The van der Waals surface area contributed by atoms with E-state index in [4.69, 9.17) is 10.5 Å². The Bertz CT molecular complexity index is 396. The van der Waals surface area contributed by atoms with E-state index in [1.54, 1.807) is 6.07 Å². The van der Waals surface area contributed by atoms with Crippen LogP contribution in [0.15, 0.2) is 12.1 Å². The van der Waals surface area contributed by atoms with Crippen LogP contribution in [-0.2, 0) is 0 Å². The van der Waals surface area contributed by atoms with Crippen molar-refractivity contribution in [2.45, 2.75) is 52.5 Å². The van der Waals surface area contributed by atoms with E-state index in [2.05, 4.69) is 19.2 Å². The smallest absolute Gasteiger partial charge is 0.167 e. The molecular formula is C15H25FN2O. The van der Waals surface area contributed by atoms with Gasteiger partial charge in [-0.05, 0) is 19.8 Å². The molecule has 1 aromatic rings. The largest absolute Gasteiger partial charge is 0.490 e. The Labute approximate surface area is 115 Å². The van der Waals surface area contributed by atoms with Crippen molar-refractivity contribution in [2.24, 2.45) is 0 Å². The quantitative estimate of drug-likeness (QED) is 0.695. The summed E-state index contributed by atoms with van der Waals surface area (Å²) in [6.45, 7) is 6.76. The van der Waals surface area contributed by atoms with E-state index in [1.807, 2.05) is 6.92 Å². The zero-order valence-corrected chi connectivity index (χ0v) is 12.1. The number of benzene rings is 1. The number of ether oxygens (including phenoxy) is 1. The molecule has 0 fully saturated rings. The highest BCUT2D eigenvalue weighted by atomic mass is 19.1. The second-order valence-electron chi connectivity index (χ2n) is 4.91. The molecular weight excluding hydrogens is 243 g/mol. The van der Waals surface area contributed by atoms with Crippen LogP contribution in [0.4, 0.5) is 15.8 Å². The maximum atomic E-state index is 13.7. The maximum Gasteiger partial charge on any atom is 0.167 e. The average molecular weight is 268 g/mol. The summed E-state index contributed by atoms with van der Waals surface area (Å²) in [6.07, 6.45) is 4.24. The van der Waals surface area contributed by atoms with Gasteiger partial charge in [0.1, 0.15) is 0 Å². The van der Waals surface area contributed by atoms with E-state index in [-0.39, 0.29) is 5.75 Å². The van der Waals surface area contributed by atoms with Gasteiger partial charge in [0.05, 0.1) is 18.0 Å². The average Bonchev–Trinajstić information content (AvgIpc) is 2.38. The van der Waals surface area contributed by atoms with E-state index in [0.717, 1.165) is 31.4 Å². The molecule has 1 atom stereocenters. The number of nitrogen functional groups attached to an aromatic ring is 1. The van der Waals surface area contributed by atoms with Crippen molar-refractivity contribution in [3.05, 3.63) is 17.9 Å². The number of anilines is 2. The SMILES string of the molecule is CCCCC(C)Nc1cc(OCCC)c(F)cc1N. The van der Waals surface area contributed by atoms with E-state index in [9.17, 15) is 4.39 Å². The van der Waals surface area contributed by atoms with Crippen molar-refractivity contribution in [3.63, 3.8) is 0 Å². The number of halogens is 1. The Morgan fingerprint density at radius 2 is 2.05 bits per heavy atom. The first-order valence-electron chi connectivity index (χ1n) is 7.06. The highest BCUT2D eigenvalue weighted by Gasteiger charge is 2.11. The van der Waals surface area contributed by atoms with Gasteiger partial charge in [-0.3, -0.25) is 0 Å². The molecule has 0 aliphatic heterocycles. The monoisotopic (exact) mass is 268 g/mol. The van der Waals surface area contributed by atoms with E-state index in [1.165, 1.54) is 6.07 Å². The molecule has 0 saturated carbocycles. The summed E-state index contributed by atoms with van der Waals surface area (Å²) in [4.78, 5) is 0. The molecule has 108 valence electrons. The molecule has 0 heterocycles. The maximum absolute atomic E-state index is 13.7. The van der Waals surface area contributed by atoms with Crippen molar-refractivity contribution in [1.82, 2.24) is 0 Å². The molecule has 0 saturated heterocycles. The highest BCUT2D eigenvalue weighted by molar-refractivity contribution is 5.68. The van der Waals surface area contributed by atoms with Gasteiger partial charge in [-0.25, -0.2) is 4.39 Å². The third-order valence-corrected chi connectivity index (χ3v) is 2.96. The zero-order valence-electron chi connectivity index (χ0n) is 12.1. The van der Waals surface area contributed by atoms with Gasteiger partial charge < -0.3 is 15.8 Å². The first kappa shape index (κ1) is 15.6. The first-order chi connectivity index (χ1) is 9.08. The number of rotatable bonds is 8. The topological polar surface area (TPSA) is 47.3 Å². The van der Waals surface area contributed by atoms with Crippen LogP contribution in [0.25, 0.3) is 0 Å². The van der Waals surface area contributed by atoms with Crippen LogP contribution in [0.2, 0.25) is 0 Å². The summed E-state index contributed by atoms with van der Waals surface area (Å²) in [5, 5.41) is 3.32. The molecule has 0 radical (unpaired) electrons. The summed E-state index contributed by atoms with van der Waals surface area (Å²) in [7, 11) is 0. The van der Waals surface area contributed by atoms with Crippen LogP contribution in [-0.4, -0.2) is 12.6 Å². The first-order valence-corrected chi connectivity index (χ1v) is 7.06. The molecule has 3 nitrogen and oxygen atoms in total. The van der Waals surface area contributed by atoms with Crippen molar-refractivity contribution < 1.29 is 9.13 Å². The molecule has 3 N–H and O–H groups in total. The summed E-state index contributed by atoms with van der Waals surface area (Å²) in [5.74, 6) is -0.140. The molecule has 0 amide bonds. The van der Waals surface area contributed by atoms with Crippen molar-refractivity contribution >= 4 is 11.4 Å². The molecule has 0 aliphatic carbocycles. The molecule has 0 spiro atoms. The van der Waals surface area contributed by atoms with Crippen LogP contribution in [0.1, 0.15) is 46.5 Å². The van der Waals surface area contributed by atoms with E-state index < -0.39 is 5.82 Å².